The molecule has 0 aliphatic carbocycles. The molecule has 0 atom stereocenters. The van der Waals surface area contributed by atoms with Gasteiger partial charge in [-0.2, -0.15) is 0 Å². The summed E-state index contributed by atoms with van der Waals surface area (Å²) in [5.74, 6) is 1.47. The Hall–Kier alpha value is -2.12. The van der Waals surface area contributed by atoms with Gasteiger partial charge in [-0.3, -0.25) is 9.36 Å². The van der Waals surface area contributed by atoms with Crippen LogP contribution in [0.2, 0.25) is 0 Å². The molecule has 3 rings (SSSR count). The molecular weight excluding hydrogens is 472 g/mol. The van der Waals surface area contributed by atoms with Crippen LogP contribution < -0.4 is 5.32 Å². The minimum atomic E-state index is 0.000126. The summed E-state index contributed by atoms with van der Waals surface area (Å²) in [7, 11) is 0. The number of nitrogens with zero attached hydrogens (tertiary/aromatic N) is 3. The van der Waals surface area contributed by atoms with Crippen molar-refractivity contribution in [2.45, 2.75) is 45.2 Å². The maximum Gasteiger partial charge on any atom is 0.230 e. The van der Waals surface area contributed by atoms with Crippen molar-refractivity contribution >= 4 is 33.6 Å². The first-order valence-electron chi connectivity index (χ1n) is 10.4. The van der Waals surface area contributed by atoms with Crippen LogP contribution in [0.15, 0.2) is 58.2 Å². The van der Waals surface area contributed by atoms with Gasteiger partial charge < -0.3 is 5.32 Å². The van der Waals surface area contributed by atoms with Crippen LogP contribution in [0.25, 0.3) is 17.1 Å². The first-order chi connectivity index (χ1) is 14.6. The van der Waals surface area contributed by atoms with E-state index in [-0.39, 0.29) is 11.3 Å². The number of thioether (sulfide) groups is 1. The topological polar surface area (TPSA) is 59.8 Å². The van der Waals surface area contributed by atoms with Crippen molar-refractivity contribution in [3.8, 4) is 17.1 Å². The van der Waals surface area contributed by atoms with Crippen molar-refractivity contribution in [3.63, 3.8) is 0 Å². The fourth-order valence-corrected chi connectivity index (χ4v) is 4.04. The maximum atomic E-state index is 12.2. The predicted molar refractivity (Wildman–Crippen MR) is 132 cm³/mol. The number of benzene rings is 2. The van der Waals surface area contributed by atoms with Crippen LogP contribution in [0, 0.1) is 5.92 Å². The lowest BCUT2D eigenvalue weighted by Gasteiger charge is -2.19. The SMILES string of the molecule is CC(C)CNC(=O)CSc1nnc(-c2ccc(C(C)(C)C)cc2)n1-c1ccc(Br)cc1. The van der Waals surface area contributed by atoms with E-state index < -0.39 is 0 Å². The zero-order chi connectivity index (χ0) is 22.6. The summed E-state index contributed by atoms with van der Waals surface area (Å²) in [4.78, 5) is 12.2. The average molecular weight is 501 g/mol. The van der Waals surface area contributed by atoms with Crippen LogP contribution in [0.1, 0.15) is 40.2 Å². The van der Waals surface area contributed by atoms with E-state index in [1.165, 1.54) is 17.3 Å². The van der Waals surface area contributed by atoms with Gasteiger partial charge in [0.25, 0.3) is 0 Å². The van der Waals surface area contributed by atoms with Crippen molar-refractivity contribution in [2.24, 2.45) is 5.92 Å². The minimum absolute atomic E-state index is 0.000126. The van der Waals surface area contributed by atoms with Crippen LogP contribution in [-0.2, 0) is 10.2 Å². The normalized spacial score (nSPS) is 11.7. The zero-order valence-electron chi connectivity index (χ0n) is 18.6. The number of carbonyl (C=O) groups excluding carboxylic acids is 1. The van der Waals surface area contributed by atoms with Gasteiger partial charge in [-0.05, 0) is 41.2 Å². The first-order valence-corrected chi connectivity index (χ1v) is 12.1. The summed E-state index contributed by atoms with van der Waals surface area (Å²) in [6.45, 7) is 11.4. The molecule has 0 aliphatic heterocycles. The van der Waals surface area contributed by atoms with Gasteiger partial charge in [0.05, 0.1) is 5.75 Å². The van der Waals surface area contributed by atoms with Gasteiger partial charge in [0, 0.05) is 22.3 Å². The van der Waals surface area contributed by atoms with E-state index in [9.17, 15) is 4.79 Å². The lowest BCUT2D eigenvalue weighted by molar-refractivity contribution is -0.118. The minimum Gasteiger partial charge on any atom is -0.355 e. The monoisotopic (exact) mass is 500 g/mol. The third-order valence-electron chi connectivity index (χ3n) is 4.77. The number of halogens is 1. The number of amides is 1. The van der Waals surface area contributed by atoms with Gasteiger partial charge in [-0.15, -0.1) is 10.2 Å². The van der Waals surface area contributed by atoms with Crippen molar-refractivity contribution in [3.05, 3.63) is 58.6 Å². The standard InChI is InChI=1S/C24H29BrN4OS/c1-16(2)14-26-21(30)15-31-23-28-27-22(29(23)20-12-10-19(25)11-13-20)17-6-8-18(9-7-17)24(3,4)5/h6-13,16H,14-15H2,1-5H3,(H,26,30). The lowest BCUT2D eigenvalue weighted by atomic mass is 9.87. The van der Waals surface area contributed by atoms with Crippen LogP contribution in [0.4, 0.5) is 0 Å². The Bertz CT molecular complexity index is 1020. The molecule has 0 bridgehead atoms. The van der Waals surface area contributed by atoms with E-state index in [0.717, 1.165) is 21.5 Å². The van der Waals surface area contributed by atoms with E-state index in [1.54, 1.807) is 0 Å². The fraction of sp³-hybridized carbons (Fsp3) is 0.375. The van der Waals surface area contributed by atoms with Crippen LogP contribution >= 0.6 is 27.7 Å². The molecule has 1 amide bonds. The molecule has 0 unspecified atom stereocenters. The van der Waals surface area contributed by atoms with E-state index in [2.05, 4.69) is 90.3 Å². The maximum absolute atomic E-state index is 12.2. The average Bonchev–Trinajstić information content (AvgIpc) is 3.14. The van der Waals surface area contributed by atoms with Gasteiger partial charge >= 0.3 is 0 Å². The van der Waals surface area contributed by atoms with Crippen LogP contribution in [0.5, 0.6) is 0 Å². The molecule has 31 heavy (non-hydrogen) atoms. The highest BCUT2D eigenvalue weighted by atomic mass is 79.9. The lowest BCUT2D eigenvalue weighted by Crippen LogP contribution is -2.28. The Morgan fingerprint density at radius 2 is 1.71 bits per heavy atom. The molecule has 0 radical (unpaired) electrons. The molecule has 0 saturated heterocycles. The number of carbonyl (C=O) groups is 1. The molecule has 0 aliphatic rings. The molecule has 3 aromatic rings. The summed E-state index contributed by atoms with van der Waals surface area (Å²) < 4.78 is 3.02. The third-order valence-corrected chi connectivity index (χ3v) is 6.22. The Kier molecular flexibility index (Phi) is 7.59. The molecule has 0 fully saturated rings. The van der Waals surface area contributed by atoms with Gasteiger partial charge in [-0.25, -0.2) is 0 Å². The molecule has 164 valence electrons. The van der Waals surface area contributed by atoms with Gasteiger partial charge in [-0.1, -0.05) is 86.6 Å². The number of rotatable bonds is 7. The largest absolute Gasteiger partial charge is 0.355 e. The van der Waals surface area contributed by atoms with E-state index in [0.29, 0.717) is 23.4 Å². The second-order valence-electron chi connectivity index (χ2n) is 8.93. The summed E-state index contributed by atoms with van der Waals surface area (Å²) in [6, 6.07) is 16.5. The summed E-state index contributed by atoms with van der Waals surface area (Å²) in [5.41, 5.74) is 3.29. The summed E-state index contributed by atoms with van der Waals surface area (Å²) in [5, 5.41) is 12.5. The number of nitrogens with one attached hydrogen (secondary N) is 1. The molecule has 0 spiro atoms. The predicted octanol–water partition coefficient (Wildman–Crippen LogP) is 5.86. The van der Waals surface area contributed by atoms with Crippen LogP contribution in [-0.4, -0.2) is 33.0 Å². The number of hydrogen-bond acceptors (Lipinski definition) is 4. The van der Waals surface area contributed by atoms with E-state index in [1.807, 2.05) is 28.8 Å². The van der Waals surface area contributed by atoms with Crippen molar-refractivity contribution in [1.29, 1.82) is 0 Å². The fourth-order valence-electron chi connectivity index (χ4n) is 2.99. The van der Waals surface area contributed by atoms with Gasteiger partial charge in [0.1, 0.15) is 0 Å². The smallest absolute Gasteiger partial charge is 0.230 e. The highest BCUT2D eigenvalue weighted by Gasteiger charge is 2.19. The first kappa shape index (κ1) is 23.5. The zero-order valence-corrected chi connectivity index (χ0v) is 21.0. The number of hydrogen-bond donors (Lipinski definition) is 1. The molecule has 5 nitrogen and oxygen atoms in total. The molecule has 2 aromatic carbocycles. The van der Waals surface area contributed by atoms with E-state index in [4.69, 9.17) is 0 Å². The Labute approximate surface area is 197 Å². The second-order valence-corrected chi connectivity index (χ2v) is 10.8. The molecular formula is C24H29BrN4OS. The van der Waals surface area contributed by atoms with Crippen molar-refractivity contribution in [2.75, 3.05) is 12.3 Å². The summed E-state index contributed by atoms with van der Waals surface area (Å²) in [6.07, 6.45) is 0. The summed E-state index contributed by atoms with van der Waals surface area (Å²) >= 11 is 4.89. The number of aromatic nitrogens is 3. The Morgan fingerprint density at radius 1 is 1.06 bits per heavy atom. The Morgan fingerprint density at radius 3 is 2.29 bits per heavy atom. The van der Waals surface area contributed by atoms with Crippen molar-refractivity contribution < 1.29 is 4.79 Å². The van der Waals surface area contributed by atoms with Gasteiger partial charge in [0.15, 0.2) is 11.0 Å². The second kappa shape index (κ2) is 10.0. The van der Waals surface area contributed by atoms with Crippen LogP contribution in [0.3, 0.4) is 0 Å². The van der Waals surface area contributed by atoms with Gasteiger partial charge in [0.2, 0.25) is 5.91 Å². The van der Waals surface area contributed by atoms with Crippen molar-refractivity contribution in [1.82, 2.24) is 20.1 Å². The molecule has 1 heterocycles. The molecule has 0 saturated carbocycles. The highest BCUT2D eigenvalue weighted by Crippen LogP contribution is 2.30. The molecule has 1 N–H and O–H groups in total. The highest BCUT2D eigenvalue weighted by molar-refractivity contribution is 9.10. The molecule has 1 aromatic heterocycles. The van der Waals surface area contributed by atoms with E-state index >= 15 is 0 Å². The molecule has 7 heteroatoms. The third kappa shape index (κ3) is 6.20. The quantitative estimate of drug-likeness (QED) is 0.412. The Balaban J connectivity index is 1.93.